The lowest BCUT2D eigenvalue weighted by atomic mass is 10.1. The van der Waals surface area contributed by atoms with Gasteiger partial charge in [0.15, 0.2) is 5.75 Å². The number of nitrogens with one attached hydrogen (secondary N) is 1. The van der Waals surface area contributed by atoms with E-state index in [9.17, 15) is 10.1 Å². The molecule has 1 unspecified atom stereocenters. The van der Waals surface area contributed by atoms with Crippen molar-refractivity contribution in [3.63, 3.8) is 0 Å². The summed E-state index contributed by atoms with van der Waals surface area (Å²) in [7, 11) is 1.85. The number of halogens is 1. The minimum absolute atomic E-state index is 0.0615. The molecule has 2 rings (SSSR count). The first kappa shape index (κ1) is 15.3. The van der Waals surface area contributed by atoms with Crippen LogP contribution in [0.4, 0.5) is 5.69 Å². The van der Waals surface area contributed by atoms with E-state index in [4.69, 9.17) is 16.3 Å². The first-order valence-corrected chi connectivity index (χ1v) is 6.78. The largest absolute Gasteiger partial charge is 0.455 e. The highest BCUT2D eigenvalue weighted by Gasteiger charge is 2.14. The molecule has 0 bridgehead atoms. The van der Waals surface area contributed by atoms with Gasteiger partial charge in [0, 0.05) is 17.7 Å². The zero-order valence-corrected chi connectivity index (χ0v) is 12.4. The highest BCUT2D eigenvalue weighted by Crippen LogP contribution is 2.35. The van der Waals surface area contributed by atoms with Crippen molar-refractivity contribution in [2.45, 2.75) is 13.0 Å². The van der Waals surface area contributed by atoms with Crippen LogP contribution in [-0.2, 0) is 0 Å². The van der Waals surface area contributed by atoms with Crippen LogP contribution < -0.4 is 10.1 Å². The van der Waals surface area contributed by atoms with Gasteiger partial charge in [-0.1, -0.05) is 29.8 Å². The van der Waals surface area contributed by atoms with E-state index in [2.05, 4.69) is 5.32 Å². The summed E-state index contributed by atoms with van der Waals surface area (Å²) in [5.41, 5.74) is 0.885. The fourth-order valence-corrected chi connectivity index (χ4v) is 2.05. The fourth-order valence-electron chi connectivity index (χ4n) is 1.89. The Hall–Kier alpha value is -2.11. The summed E-state index contributed by atoms with van der Waals surface area (Å²) in [6, 6.07) is 11.7. The summed E-state index contributed by atoms with van der Waals surface area (Å²) in [6.45, 7) is 2.00. The molecule has 0 aliphatic carbocycles. The van der Waals surface area contributed by atoms with Crippen molar-refractivity contribution >= 4 is 17.3 Å². The Morgan fingerprint density at radius 2 is 1.95 bits per heavy atom. The molecule has 2 aromatic carbocycles. The van der Waals surface area contributed by atoms with Crippen molar-refractivity contribution < 1.29 is 9.66 Å². The van der Waals surface area contributed by atoms with E-state index < -0.39 is 4.92 Å². The molecule has 6 heteroatoms. The SMILES string of the molecule is CNC(C)c1ccccc1Oc1cc([N+](=O)[O-])ccc1Cl. The highest BCUT2D eigenvalue weighted by atomic mass is 35.5. The molecule has 0 aliphatic heterocycles. The first-order valence-electron chi connectivity index (χ1n) is 6.41. The molecule has 0 radical (unpaired) electrons. The molecule has 1 N–H and O–H groups in total. The quantitative estimate of drug-likeness (QED) is 0.660. The molecule has 5 nitrogen and oxygen atoms in total. The molecule has 0 saturated heterocycles. The van der Waals surface area contributed by atoms with Crippen LogP contribution in [0.2, 0.25) is 5.02 Å². The minimum atomic E-state index is -0.481. The van der Waals surface area contributed by atoms with Gasteiger partial charge in [0.1, 0.15) is 5.75 Å². The van der Waals surface area contributed by atoms with Crippen LogP contribution in [0.3, 0.4) is 0 Å². The van der Waals surface area contributed by atoms with Crippen molar-refractivity contribution in [2.24, 2.45) is 0 Å². The molecular weight excluding hydrogens is 292 g/mol. The molecule has 0 spiro atoms. The molecule has 2 aromatic rings. The monoisotopic (exact) mass is 306 g/mol. The maximum atomic E-state index is 10.8. The first-order chi connectivity index (χ1) is 10.0. The lowest BCUT2D eigenvalue weighted by Gasteiger charge is -2.16. The second-order valence-corrected chi connectivity index (χ2v) is 4.93. The molecule has 110 valence electrons. The van der Waals surface area contributed by atoms with Crippen LogP contribution in [0.1, 0.15) is 18.5 Å². The van der Waals surface area contributed by atoms with Crippen molar-refractivity contribution in [3.8, 4) is 11.5 Å². The highest BCUT2D eigenvalue weighted by molar-refractivity contribution is 6.32. The van der Waals surface area contributed by atoms with Gasteiger partial charge in [-0.3, -0.25) is 10.1 Å². The topological polar surface area (TPSA) is 64.4 Å². The van der Waals surface area contributed by atoms with Crippen LogP contribution in [0.25, 0.3) is 0 Å². The Balaban J connectivity index is 2.38. The number of rotatable bonds is 5. The predicted molar refractivity (Wildman–Crippen MR) is 82.1 cm³/mol. The predicted octanol–water partition coefficient (Wildman–Crippen LogP) is 4.32. The van der Waals surface area contributed by atoms with Crippen LogP contribution in [0.5, 0.6) is 11.5 Å². The van der Waals surface area contributed by atoms with E-state index >= 15 is 0 Å². The summed E-state index contributed by atoms with van der Waals surface area (Å²) in [5, 5.41) is 14.3. The molecule has 0 saturated carbocycles. The average Bonchev–Trinajstić information content (AvgIpc) is 2.49. The van der Waals surface area contributed by atoms with Crippen LogP contribution in [0.15, 0.2) is 42.5 Å². The van der Waals surface area contributed by atoms with E-state index in [1.807, 2.05) is 32.2 Å². The minimum Gasteiger partial charge on any atom is -0.455 e. The van der Waals surface area contributed by atoms with Gasteiger partial charge < -0.3 is 10.1 Å². The van der Waals surface area contributed by atoms with Gasteiger partial charge in [-0.15, -0.1) is 0 Å². The lowest BCUT2D eigenvalue weighted by molar-refractivity contribution is -0.384. The zero-order chi connectivity index (χ0) is 15.4. The van der Waals surface area contributed by atoms with Gasteiger partial charge in [0.2, 0.25) is 0 Å². The van der Waals surface area contributed by atoms with Gasteiger partial charge in [-0.2, -0.15) is 0 Å². The molecule has 1 atom stereocenters. The third-order valence-corrected chi connectivity index (χ3v) is 3.48. The molecule has 0 aromatic heterocycles. The van der Waals surface area contributed by atoms with Crippen molar-refractivity contribution in [1.82, 2.24) is 5.32 Å². The van der Waals surface area contributed by atoms with Gasteiger partial charge in [-0.25, -0.2) is 0 Å². The number of ether oxygens (including phenoxy) is 1. The summed E-state index contributed by atoms with van der Waals surface area (Å²) in [5.74, 6) is 0.878. The Bertz CT molecular complexity index is 661. The number of nitro benzene ring substituents is 1. The number of hydrogen-bond donors (Lipinski definition) is 1. The van der Waals surface area contributed by atoms with Crippen LogP contribution in [-0.4, -0.2) is 12.0 Å². The smallest absolute Gasteiger partial charge is 0.273 e. The van der Waals surface area contributed by atoms with E-state index in [0.717, 1.165) is 5.56 Å². The molecule has 0 amide bonds. The van der Waals surface area contributed by atoms with Crippen molar-refractivity contribution in [2.75, 3.05) is 7.05 Å². The summed E-state index contributed by atoms with van der Waals surface area (Å²) in [6.07, 6.45) is 0. The van der Waals surface area contributed by atoms with Gasteiger partial charge >= 0.3 is 0 Å². The lowest BCUT2D eigenvalue weighted by Crippen LogP contribution is -2.13. The second kappa shape index (κ2) is 6.56. The summed E-state index contributed by atoms with van der Waals surface area (Å²) in [4.78, 5) is 10.4. The molecule has 21 heavy (non-hydrogen) atoms. The van der Waals surface area contributed by atoms with E-state index in [0.29, 0.717) is 10.8 Å². The van der Waals surface area contributed by atoms with Crippen molar-refractivity contribution in [1.29, 1.82) is 0 Å². The van der Waals surface area contributed by atoms with Gasteiger partial charge in [-0.05, 0) is 26.1 Å². The van der Waals surface area contributed by atoms with E-state index in [1.165, 1.54) is 18.2 Å². The number of nitrogens with zero attached hydrogens (tertiary/aromatic N) is 1. The zero-order valence-electron chi connectivity index (χ0n) is 11.7. The summed E-state index contributed by atoms with van der Waals surface area (Å²) < 4.78 is 5.78. The Morgan fingerprint density at radius 3 is 2.62 bits per heavy atom. The fraction of sp³-hybridized carbons (Fsp3) is 0.200. The van der Waals surface area contributed by atoms with Gasteiger partial charge in [0.25, 0.3) is 5.69 Å². The number of benzene rings is 2. The molecule has 0 aliphatic rings. The second-order valence-electron chi connectivity index (χ2n) is 4.52. The van der Waals surface area contributed by atoms with Crippen LogP contribution in [0, 0.1) is 10.1 Å². The van der Waals surface area contributed by atoms with E-state index in [-0.39, 0.29) is 17.5 Å². The molecule has 0 fully saturated rings. The van der Waals surface area contributed by atoms with Crippen molar-refractivity contribution in [3.05, 3.63) is 63.2 Å². The normalized spacial score (nSPS) is 12.0. The summed E-state index contributed by atoms with van der Waals surface area (Å²) >= 11 is 6.05. The maximum absolute atomic E-state index is 10.8. The molecular formula is C15H15ClN2O3. The number of para-hydroxylation sites is 1. The standard InChI is InChI=1S/C15H15ClN2O3/c1-10(17-2)12-5-3-4-6-14(12)21-15-9-11(18(19)20)7-8-13(15)16/h3-10,17H,1-2H3. The average molecular weight is 307 g/mol. The third kappa shape index (κ3) is 3.51. The van der Waals surface area contributed by atoms with E-state index in [1.54, 1.807) is 6.07 Å². The number of non-ortho nitro benzene ring substituents is 1. The molecule has 0 heterocycles. The third-order valence-electron chi connectivity index (χ3n) is 3.16. The Kier molecular flexibility index (Phi) is 4.77. The Labute approximate surface area is 127 Å². The van der Waals surface area contributed by atoms with Crippen LogP contribution >= 0.6 is 11.6 Å². The Morgan fingerprint density at radius 1 is 1.24 bits per heavy atom. The number of hydrogen-bond acceptors (Lipinski definition) is 4. The van der Waals surface area contributed by atoms with Gasteiger partial charge in [0.05, 0.1) is 16.0 Å². The number of nitro groups is 1. The maximum Gasteiger partial charge on any atom is 0.273 e.